The molecule has 2 fully saturated rings. The summed E-state index contributed by atoms with van der Waals surface area (Å²) in [5.41, 5.74) is 1.48. The van der Waals surface area contributed by atoms with Crippen LogP contribution >= 0.6 is 0 Å². The van der Waals surface area contributed by atoms with Gasteiger partial charge >= 0.3 is 0 Å². The third kappa shape index (κ3) is 4.88. The summed E-state index contributed by atoms with van der Waals surface area (Å²) in [7, 11) is 0. The molecule has 7 heteroatoms. The zero-order valence-electron chi connectivity index (χ0n) is 17.1. The molecule has 1 N–H and O–H groups in total. The van der Waals surface area contributed by atoms with E-state index >= 15 is 0 Å². The van der Waals surface area contributed by atoms with Gasteiger partial charge in [0.1, 0.15) is 18.0 Å². The molecule has 1 saturated carbocycles. The Hall–Kier alpha value is -3.14. The molecule has 0 unspecified atom stereocenters. The molecule has 4 rings (SSSR count). The summed E-state index contributed by atoms with van der Waals surface area (Å²) in [6.45, 7) is 1.99. The molecule has 0 atom stereocenters. The fourth-order valence-electron chi connectivity index (χ4n) is 4.17. The lowest BCUT2D eigenvalue weighted by atomic mass is 9.96. The molecule has 7 nitrogen and oxygen atoms in total. The highest BCUT2D eigenvalue weighted by Gasteiger charge is 2.26. The average molecular weight is 406 g/mol. The van der Waals surface area contributed by atoms with Gasteiger partial charge in [-0.05, 0) is 56.7 Å². The van der Waals surface area contributed by atoms with Crippen LogP contribution in [0.25, 0.3) is 0 Å². The highest BCUT2D eigenvalue weighted by Crippen LogP contribution is 2.26. The Bertz CT molecular complexity index is 895. The van der Waals surface area contributed by atoms with Gasteiger partial charge in [-0.2, -0.15) is 5.26 Å². The molecule has 2 aromatic heterocycles. The first-order valence-electron chi connectivity index (χ1n) is 10.7. The van der Waals surface area contributed by atoms with Crippen molar-refractivity contribution in [2.45, 2.75) is 51.2 Å². The summed E-state index contributed by atoms with van der Waals surface area (Å²) in [6, 6.07) is 9.58. The van der Waals surface area contributed by atoms with Crippen LogP contribution < -0.4 is 15.0 Å². The average Bonchev–Trinajstić information content (AvgIpc) is 3.31. The van der Waals surface area contributed by atoms with Gasteiger partial charge < -0.3 is 15.0 Å². The number of pyridine rings is 2. The molecule has 156 valence electrons. The molecule has 0 spiro atoms. The lowest BCUT2D eigenvalue weighted by Gasteiger charge is -2.32. The summed E-state index contributed by atoms with van der Waals surface area (Å²) >= 11 is 0. The summed E-state index contributed by atoms with van der Waals surface area (Å²) in [4.78, 5) is 23.6. The minimum absolute atomic E-state index is 0.00416. The van der Waals surface area contributed by atoms with Crippen molar-refractivity contribution in [3.05, 3.63) is 47.8 Å². The number of nitrogens with one attached hydrogen (secondary N) is 1. The van der Waals surface area contributed by atoms with Gasteiger partial charge in [0, 0.05) is 43.5 Å². The minimum Gasteiger partial charge on any atom is -0.474 e. The molecule has 2 aliphatic rings. The van der Waals surface area contributed by atoms with Crippen molar-refractivity contribution in [1.82, 2.24) is 15.3 Å². The summed E-state index contributed by atoms with van der Waals surface area (Å²) in [6.07, 6.45) is 9.72. The lowest BCUT2D eigenvalue weighted by molar-refractivity contribution is -0.125. The smallest absolute Gasteiger partial charge is 0.223 e. The molecule has 2 aromatic rings. The van der Waals surface area contributed by atoms with E-state index in [9.17, 15) is 4.79 Å². The van der Waals surface area contributed by atoms with Gasteiger partial charge in [0.25, 0.3) is 0 Å². The number of amides is 1. The number of hydrogen-bond acceptors (Lipinski definition) is 6. The van der Waals surface area contributed by atoms with E-state index in [1.54, 1.807) is 18.5 Å². The van der Waals surface area contributed by atoms with Gasteiger partial charge in [-0.15, -0.1) is 0 Å². The van der Waals surface area contributed by atoms with Crippen LogP contribution in [0.15, 0.2) is 36.7 Å². The topological polar surface area (TPSA) is 91.1 Å². The van der Waals surface area contributed by atoms with Crippen LogP contribution in [0.3, 0.4) is 0 Å². The number of ether oxygens (including phenoxy) is 1. The van der Waals surface area contributed by atoms with E-state index in [-0.39, 0.29) is 17.9 Å². The molecule has 30 heavy (non-hydrogen) atoms. The Balaban J connectivity index is 1.28. The minimum atomic E-state index is -0.00416. The Kier molecular flexibility index (Phi) is 6.43. The van der Waals surface area contributed by atoms with E-state index < -0.39 is 0 Å². The molecule has 0 bridgehead atoms. The first-order chi connectivity index (χ1) is 14.7. The Morgan fingerprint density at radius 3 is 2.67 bits per heavy atom. The van der Waals surface area contributed by atoms with E-state index in [1.165, 1.54) is 12.8 Å². The van der Waals surface area contributed by atoms with E-state index in [1.807, 2.05) is 18.2 Å². The third-order valence-corrected chi connectivity index (χ3v) is 5.95. The number of piperidine rings is 1. The molecule has 3 heterocycles. The van der Waals surface area contributed by atoms with Crippen molar-refractivity contribution in [3.8, 4) is 11.9 Å². The van der Waals surface area contributed by atoms with Gasteiger partial charge in [0.05, 0.1) is 5.56 Å². The highest BCUT2D eigenvalue weighted by molar-refractivity contribution is 5.79. The molecule has 1 saturated heterocycles. The van der Waals surface area contributed by atoms with Crippen molar-refractivity contribution in [2.24, 2.45) is 5.92 Å². The molecular weight excluding hydrogens is 378 g/mol. The van der Waals surface area contributed by atoms with Crippen molar-refractivity contribution < 1.29 is 9.53 Å². The second-order valence-corrected chi connectivity index (χ2v) is 7.99. The number of nitrogens with zero attached hydrogens (tertiary/aromatic N) is 4. The van der Waals surface area contributed by atoms with E-state index in [0.29, 0.717) is 18.0 Å². The van der Waals surface area contributed by atoms with Crippen LogP contribution in [0.1, 0.15) is 49.7 Å². The van der Waals surface area contributed by atoms with Crippen molar-refractivity contribution in [3.63, 3.8) is 0 Å². The molecule has 0 radical (unpaired) electrons. The third-order valence-electron chi connectivity index (χ3n) is 5.95. The number of nitriles is 1. The highest BCUT2D eigenvalue weighted by atomic mass is 16.5. The Morgan fingerprint density at radius 1 is 1.17 bits per heavy atom. The van der Waals surface area contributed by atoms with Gasteiger partial charge in [-0.25, -0.2) is 9.97 Å². The Morgan fingerprint density at radius 2 is 1.97 bits per heavy atom. The predicted octanol–water partition coefficient (Wildman–Crippen LogP) is 3.20. The largest absolute Gasteiger partial charge is 0.474 e. The fraction of sp³-hybridized carbons (Fsp3) is 0.478. The Labute approximate surface area is 177 Å². The standard InChI is InChI=1S/C23H27N5O2/c24-14-17-7-8-21(26-15-17)28-12-9-18(10-13-28)22(29)27-16-19-4-3-11-25-23(19)30-20-5-1-2-6-20/h3-4,7-8,11,15,18,20H,1-2,5-6,9-10,12-13,16H2,(H,27,29). The number of carbonyl (C=O) groups excluding carboxylic acids is 1. The first kappa shape index (κ1) is 20.1. The van der Waals surface area contributed by atoms with Crippen molar-refractivity contribution in [1.29, 1.82) is 5.26 Å². The summed E-state index contributed by atoms with van der Waals surface area (Å²) in [5.74, 6) is 1.58. The SMILES string of the molecule is N#Cc1ccc(N2CCC(C(=O)NCc3cccnc3OC3CCCC3)CC2)nc1. The molecule has 1 aliphatic carbocycles. The van der Waals surface area contributed by atoms with Crippen LogP contribution in [-0.2, 0) is 11.3 Å². The second-order valence-electron chi connectivity index (χ2n) is 7.99. The maximum Gasteiger partial charge on any atom is 0.223 e. The number of anilines is 1. The zero-order valence-corrected chi connectivity index (χ0v) is 17.1. The lowest BCUT2D eigenvalue weighted by Crippen LogP contribution is -2.40. The summed E-state index contributed by atoms with van der Waals surface area (Å²) in [5, 5.41) is 12.0. The monoisotopic (exact) mass is 405 g/mol. The van der Waals surface area contributed by atoms with Gasteiger partial charge in [0.15, 0.2) is 0 Å². The maximum absolute atomic E-state index is 12.7. The molecular formula is C23H27N5O2. The number of aromatic nitrogens is 2. The van der Waals surface area contributed by atoms with Crippen LogP contribution in [0.2, 0.25) is 0 Å². The molecule has 0 aromatic carbocycles. The maximum atomic E-state index is 12.7. The predicted molar refractivity (Wildman–Crippen MR) is 113 cm³/mol. The fourth-order valence-corrected chi connectivity index (χ4v) is 4.17. The first-order valence-corrected chi connectivity index (χ1v) is 10.7. The van der Waals surface area contributed by atoms with Crippen LogP contribution in [0.4, 0.5) is 5.82 Å². The normalized spacial score (nSPS) is 17.5. The zero-order chi connectivity index (χ0) is 20.8. The van der Waals surface area contributed by atoms with E-state index in [2.05, 4.69) is 26.3 Å². The summed E-state index contributed by atoms with van der Waals surface area (Å²) < 4.78 is 6.07. The molecule has 1 aliphatic heterocycles. The molecule has 1 amide bonds. The number of hydrogen-bond donors (Lipinski definition) is 1. The van der Waals surface area contributed by atoms with Crippen molar-refractivity contribution in [2.75, 3.05) is 18.0 Å². The van der Waals surface area contributed by atoms with Crippen LogP contribution in [0.5, 0.6) is 5.88 Å². The van der Waals surface area contributed by atoms with Gasteiger partial charge in [-0.3, -0.25) is 4.79 Å². The van der Waals surface area contributed by atoms with Gasteiger partial charge in [0.2, 0.25) is 11.8 Å². The number of carbonyl (C=O) groups is 1. The second kappa shape index (κ2) is 9.57. The van der Waals surface area contributed by atoms with E-state index in [0.717, 1.165) is 50.2 Å². The van der Waals surface area contributed by atoms with Crippen LogP contribution in [0, 0.1) is 17.2 Å². The van der Waals surface area contributed by atoms with Crippen molar-refractivity contribution >= 4 is 11.7 Å². The van der Waals surface area contributed by atoms with Crippen LogP contribution in [-0.4, -0.2) is 35.1 Å². The van der Waals surface area contributed by atoms with Gasteiger partial charge in [-0.1, -0.05) is 6.07 Å². The van der Waals surface area contributed by atoms with E-state index in [4.69, 9.17) is 10.00 Å². The number of rotatable bonds is 6. The quantitative estimate of drug-likeness (QED) is 0.794.